The highest BCUT2D eigenvalue weighted by Crippen LogP contribution is 2.21. The maximum absolute atomic E-state index is 12.9. The molecule has 1 aromatic carbocycles. The van der Waals surface area contributed by atoms with E-state index in [1.165, 1.54) is 12.1 Å². The van der Waals surface area contributed by atoms with Gasteiger partial charge in [-0.2, -0.15) is 5.10 Å². The van der Waals surface area contributed by atoms with Crippen molar-refractivity contribution in [2.24, 2.45) is 0 Å². The van der Waals surface area contributed by atoms with E-state index in [4.69, 9.17) is 0 Å². The molecular formula is C20H22N3O4-. The van der Waals surface area contributed by atoms with Crippen molar-refractivity contribution in [2.75, 3.05) is 6.54 Å². The topological polar surface area (TPSA) is 95.3 Å². The van der Waals surface area contributed by atoms with E-state index in [0.29, 0.717) is 6.54 Å². The van der Waals surface area contributed by atoms with Gasteiger partial charge in [-0.1, -0.05) is 31.2 Å². The van der Waals surface area contributed by atoms with Crippen LogP contribution in [0.25, 0.3) is 10.8 Å². The van der Waals surface area contributed by atoms with Crippen LogP contribution in [-0.2, 0) is 11.3 Å². The molecule has 1 aliphatic rings. The number of amides is 1. The standard InChI is InChI=1S/C20H23N3O4/c1-2-12-22(14-8-4-3-5-9-14)17(24)13-23-19(25)16-11-7-6-10-15(16)18(21-23)20(26)27/h6-8,10-11H,2-5,9,12-13H2,1H3,(H,26,27)/p-1. The molecule has 2 aromatic rings. The zero-order chi connectivity index (χ0) is 19.4. The third kappa shape index (κ3) is 3.92. The van der Waals surface area contributed by atoms with Crippen molar-refractivity contribution < 1.29 is 14.7 Å². The molecule has 0 fully saturated rings. The minimum atomic E-state index is -1.48. The van der Waals surface area contributed by atoms with Gasteiger partial charge in [-0.05, 0) is 38.2 Å². The Balaban J connectivity index is 1.98. The number of carboxylic acid groups (broad SMARTS) is 1. The molecule has 1 heterocycles. The Morgan fingerprint density at radius 3 is 2.59 bits per heavy atom. The van der Waals surface area contributed by atoms with Crippen LogP contribution in [0.15, 0.2) is 40.8 Å². The van der Waals surface area contributed by atoms with Gasteiger partial charge < -0.3 is 14.8 Å². The number of aromatic nitrogens is 2. The first-order valence-electron chi connectivity index (χ1n) is 9.23. The summed E-state index contributed by atoms with van der Waals surface area (Å²) >= 11 is 0. The number of rotatable bonds is 6. The lowest BCUT2D eigenvalue weighted by Gasteiger charge is -2.27. The van der Waals surface area contributed by atoms with Crippen LogP contribution < -0.4 is 10.7 Å². The summed E-state index contributed by atoms with van der Waals surface area (Å²) in [6.45, 7) is 2.24. The average molecular weight is 368 g/mol. The number of hydrogen-bond acceptors (Lipinski definition) is 5. The molecule has 0 saturated heterocycles. The Morgan fingerprint density at radius 2 is 1.96 bits per heavy atom. The van der Waals surface area contributed by atoms with E-state index in [9.17, 15) is 19.5 Å². The summed E-state index contributed by atoms with van der Waals surface area (Å²) < 4.78 is 0.932. The molecule has 0 aliphatic heterocycles. The number of benzene rings is 1. The number of carbonyl (C=O) groups excluding carboxylic acids is 2. The van der Waals surface area contributed by atoms with Crippen molar-refractivity contribution in [1.29, 1.82) is 0 Å². The zero-order valence-corrected chi connectivity index (χ0v) is 15.3. The van der Waals surface area contributed by atoms with Gasteiger partial charge in [0.15, 0.2) is 0 Å². The minimum Gasteiger partial charge on any atom is -0.543 e. The Kier molecular flexibility index (Phi) is 5.69. The van der Waals surface area contributed by atoms with Gasteiger partial charge in [0, 0.05) is 17.6 Å². The van der Waals surface area contributed by atoms with Gasteiger partial charge in [0.1, 0.15) is 12.2 Å². The van der Waals surface area contributed by atoms with Crippen molar-refractivity contribution in [1.82, 2.24) is 14.7 Å². The SMILES string of the molecule is CCCN(C(=O)Cn1nc(C(=O)[O-])c2ccccc2c1=O)C1=CCCCC1. The third-order valence-corrected chi connectivity index (χ3v) is 4.71. The van der Waals surface area contributed by atoms with Crippen molar-refractivity contribution in [3.8, 4) is 0 Å². The van der Waals surface area contributed by atoms with Gasteiger partial charge in [0.05, 0.1) is 11.4 Å². The first-order valence-corrected chi connectivity index (χ1v) is 9.23. The Hall–Kier alpha value is -2.96. The van der Waals surface area contributed by atoms with E-state index in [0.717, 1.165) is 42.5 Å². The highest BCUT2D eigenvalue weighted by molar-refractivity contribution is 6.00. The quantitative estimate of drug-likeness (QED) is 0.769. The summed E-state index contributed by atoms with van der Waals surface area (Å²) in [4.78, 5) is 38.7. The molecule has 7 nitrogen and oxygen atoms in total. The molecule has 3 rings (SSSR count). The zero-order valence-electron chi connectivity index (χ0n) is 15.3. The summed E-state index contributed by atoms with van der Waals surface area (Å²) in [5.41, 5.74) is 0.150. The molecular weight excluding hydrogens is 346 g/mol. The number of fused-ring (bicyclic) bond motifs is 1. The van der Waals surface area contributed by atoms with Gasteiger partial charge >= 0.3 is 0 Å². The van der Waals surface area contributed by atoms with Crippen molar-refractivity contribution in [3.63, 3.8) is 0 Å². The second kappa shape index (κ2) is 8.16. The number of carboxylic acids is 1. The maximum atomic E-state index is 12.9. The van der Waals surface area contributed by atoms with Crippen LogP contribution in [0.1, 0.15) is 49.5 Å². The fourth-order valence-electron chi connectivity index (χ4n) is 3.42. The summed E-state index contributed by atoms with van der Waals surface area (Å²) in [6, 6.07) is 6.31. The van der Waals surface area contributed by atoms with E-state index >= 15 is 0 Å². The van der Waals surface area contributed by atoms with E-state index in [-0.39, 0.29) is 28.9 Å². The van der Waals surface area contributed by atoms with Crippen LogP contribution in [0.5, 0.6) is 0 Å². The van der Waals surface area contributed by atoms with Crippen molar-refractivity contribution in [3.05, 3.63) is 52.1 Å². The van der Waals surface area contributed by atoms with Gasteiger partial charge in [-0.3, -0.25) is 9.59 Å². The first kappa shape index (κ1) is 18.8. The van der Waals surface area contributed by atoms with Gasteiger partial charge in [0.2, 0.25) is 5.91 Å². The van der Waals surface area contributed by atoms with Crippen LogP contribution in [0.4, 0.5) is 0 Å². The predicted molar refractivity (Wildman–Crippen MR) is 98.9 cm³/mol. The normalized spacial score (nSPS) is 14.0. The molecule has 27 heavy (non-hydrogen) atoms. The molecule has 1 amide bonds. The predicted octanol–water partition coefficient (Wildman–Crippen LogP) is 1.46. The first-order chi connectivity index (χ1) is 13.0. The number of aromatic carboxylic acids is 1. The lowest BCUT2D eigenvalue weighted by molar-refractivity contribution is -0.255. The number of hydrogen-bond donors (Lipinski definition) is 0. The Labute approximate surface area is 156 Å². The second-order valence-corrected chi connectivity index (χ2v) is 6.63. The second-order valence-electron chi connectivity index (χ2n) is 6.63. The van der Waals surface area contributed by atoms with Gasteiger partial charge in [0.25, 0.3) is 5.56 Å². The summed E-state index contributed by atoms with van der Waals surface area (Å²) in [6.07, 6.45) is 6.76. The molecule has 0 N–H and O–H groups in total. The Bertz CT molecular complexity index is 961. The van der Waals surface area contributed by atoms with Crippen molar-refractivity contribution in [2.45, 2.75) is 45.6 Å². The van der Waals surface area contributed by atoms with Crippen LogP contribution in [0.2, 0.25) is 0 Å². The maximum Gasteiger partial charge on any atom is 0.275 e. The smallest absolute Gasteiger partial charge is 0.275 e. The molecule has 0 radical (unpaired) electrons. The van der Waals surface area contributed by atoms with Crippen molar-refractivity contribution >= 4 is 22.6 Å². The highest BCUT2D eigenvalue weighted by Gasteiger charge is 2.21. The van der Waals surface area contributed by atoms with Crippen LogP contribution in [0.3, 0.4) is 0 Å². The fourth-order valence-corrected chi connectivity index (χ4v) is 3.42. The lowest BCUT2D eigenvalue weighted by Crippen LogP contribution is -2.39. The summed E-state index contributed by atoms with van der Waals surface area (Å²) in [5, 5.41) is 15.8. The molecule has 142 valence electrons. The molecule has 0 spiro atoms. The van der Waals surface area contributed by atoms with E-state index < -0.39 is 11.5 Å². The fraction of sp³-hybridized carbons (Fsp3) is 0.400. The van der Waals surface area contributed by atoms with E-state index in [2.05, 4.69) is 11.2 Å². The van der Waals surface area contributed by atoms with E-state index in [1.54, 1.807) is 17.0 Å². The summed E-state index contributed by atoms with van der Waals surface area (Å²) in [7, 11) is 0. The largest absolute Gasteiger partial charge is 0.543 e. The van der Waals surface area contributed by atoms with Crippen LogP contribution in [-0.4, -0.2) is 33.1 Å². The molecule has 1 aliphatic carbocycles. The lowest BCUT2D eigenvalue weighted by atomic mass is 10.0. The number of nitrogens with zero attached hydrogens (tertiary/aromatic N) is 3. The number of carbonyl (C=O) groups is 2. The van der Waals surface area contributed by atoms with Crippen LogP contribution in [0, 0.1) is 0 Å². The molecule has 7 heteroatoms. The monoisotopic (exact) mass is 368 g/mol. The molecule has 0 unspecified atom stereocenters. The molecule has 0 atom stereocenters. The van der Waals surface area contributed by atoms with E-state index in [1.807, 2.05) is 6.92 Å². The van der Waals surface area contributed by atoms with Gasteiger partial charge in [-0.15, -0.1) is 0 Å². The highest BCUT2D eigenvalue weighted by atomic mass is 16.4. The summed E-state index contributed by atoms with van der Waals surface area (Å²) in [5.74, 6) is -1.74. The Morgan fingerprint density at radius 1 is 1.22 bits per heavy atom. The third-order valence-electron chi connectivity index (χ3n) is 4.71. The molecule has 0 saturated carbocycles. The molecule has 0 bridgehead atoms. The van der Waals surface area contributed by atoms with Crippen LogP contribution >= 0.6 is 0 Å². The average Bonchev–Trinajstić information content (AvgIpc) is 2.68. The molecule has 1 aromatic heterocycles. The van der Waals surface area contributed by atoms with Gasteiger partial charge in [-0.25, -0.2) is 4.68 Å². The number of allylic oxidation sites excluding steroid dienone is 2. The minimum absolute atomic E-state index is 0.207.